The minimum absolute atomic E-state index is 0. The van der Waals surface area contributed by atoms with E-state index in [4.69, 9.17) is 0 Å². The standard InChI is InChI=1S/C9H12N2O2S.2H2/c1-10-14(12,13)8-3-2-7-4-5-11-9(7)6-8;;/h2-3,6,10-11H,4-5H2,1H3;2*1H. The van der Waals surface area contributed by atoms with Gasteiger partial charge in [-0.1, -0.05) is 6.07 Å². The molecular weight excluding hydrogens is 200 g/mol. The molecule has 0 atom stereocenters. The maximum Gasteiger partial charge on any atom is 0.240 e. The lowest BCUT2D eigenvalue weighted by Crippen LogP contribution is -2.18. The first-order valence-corrected chi connectivity index (χ1v) is 5.92. The summed E-state index contributed by atoms with van der Waals surface area (Å²) in [6.07, 6.45) is 0.967. The molecule has 0 amide bonds. The third kappa shape index (κ3) is 1.49. The van der Waals surface area contributed by atoms with Crippen molar-refractivity contribution in [1.82, 2.24) is 4.72 Å². The molecule has 0 aliphatic carbocycles. The van der Waals surface area contributed by atoms with Gasteiger partial charge in [0.25, 0.3) is 0 Å². The van der Waals surface area contributed by atoms with Crippen LogP contribution in [0.1, 0.15) is 8.42 Å². The number of fused-ring (bicyclic) bond motifs is 1. The molecule has 1 aliphatic rings. The second kappa shape index (κ2) is 3.25. The van der Waals surface area contributed by atoms with E-state index in [2.05, 4.69) is 10.0 Å². The lowest BCUT2D eigenvalue weighted by molar-refractivity contribution is 0.588. The van der Waals surface area contributed by atoms with Gasteiger partial charge >= 0.3 is 0 Å². The fraction of sp³-hybridized carbons (Fsp3) is 0.333. The van der Waals surface area contributed by atoms with Gasteiger partial charge in [-0.15, -0.1) is 0 Å². The molecular formula is C9H16N2O2S. The molecule has 2 N–H and O–H groups in total. The van der Waals surface area contributed by atoms with Gasteiger partial charge in [-0.25, -0.2) is 13.1 Å². The summed E-state index contributed by atoms with van der Waals surface area (Å²) in [5.41, 5.74) is 2.11. The number of rotatable bonds is 2. The number of hydrogen-bond donors (Lipinski definition) is 2. The zero-order chi connectivity index (χ0) is 10.2. The van der Waals surface area contributed by atoms with Crippen molar-refractivity contribution in [3.63, 3.8) is 0 Å². The molecule has 0 radical (unpaired) electrons. The van der Waals surface area contributed by atoms with Crippen LogP contribution in [-0.4, -0.2) is 22.0 Å². The number of anilines is 1. The molecule has 14 heavy (non-hydrogen) atoms. The molecule has 0 aromatic heterocycles. The Kier molecular flexibility index (Phi) is 2.20. The Morgan fingerprint density at radius 3 is 3.00 bits per heavy atom. The smallest absolute Gasteiger partial charge is 0.240 e. The Labute approximate surface area is 86.4 Å². The summed E-state index contributed by atoms with van der Waals surface area (Å²) in [7, 11) is -1.90. The summed E-state index contributed by atoms with van der Waals surface area (Å²) in [4.78, 5) is 0.313. The van der Waals surface area contributed by atoms with E-state index in [1.54, 1.807) is 12.1 Å². The molecule has 0 bridgehead atoms. The Morgan fingerprint density at radius 1 is 1.50 bits per heavy atom. The van der Waals surface area contributed by atoms with Gasteiger partial charge in [0.2, 0.25) is 10.0 Å². The van der Waals surface area contributed by atoms with Gasteiger partial charge in [0.1, 0.15) is 0 Å². The normalized spacial score (nSPS) is 14.9. The van der Waals surface area contributed by atoms with Gasteiger partial charge in [-0.05, 0) is 31.2 Å². The molecule has 0 unspecified atom stereocenters. The van der Waals surface area contributed by atoms with Gasteiger partial charge in [0.15, 0.2) is 0 Å². The topological polar surface area (TPSA) is 58.2 Å². The Hall–Kier alpha value is -1.07. The SMILES string of the molecule is CNS(=O)(=O)c1ccc2c(c1)NCC2.[HH].[HH]. The highest BCUT2D eigenvalue weighted by Crippen LogP contribution is 2.24. The largest absolute Gasteiger partial charge is 0.384 e. The molecule has 1 aromatic rings. The van der Waals surface area contributed by atoms with Crippen LogP contribution in [0.25, 0.3) is 0 Å². The molecule has 5 heteroatoms. The molecule has 2 rings (SSSR count). The van der Waals surface area contributed by atoms with E-state index in [0.717, 1.165) is 18.7 Å². The highest BCUT2D eigenvalue weighted by Gasteiger charge is 2.16. The van der Waals surface area contributed by atoms with Crippen molar-refractivity contribution in [2.75, 3.05) is 18.9 Å². The van der Waals surface area contributed by atoms with Crippen molar-refractivity contribution in [2.24, 2.45) is 0 Å². The Morgan fingerprint density at radius 2 is 2.29 bits per heavy atom. The van der Waals surface area contributed by atoms with Crippen molar-refractivity contribution in [1.29, 1.82) is 0 Å². The predicted molar refractivity (Wildman–Crippen MR) is 59.1 cm³/mol. The third-order valence-electron chi connectivity index (χ3n) is 2.37. The summed E-state index contributed by atoms with van der Waals surface area (Å²) in [6.45, 7) is 0.887. The van der Waals surface area contributed by atoms with E-state index in [-0.39, 0.29) is 2.85 Å². The third-order valence-corrected chi connectivity index (χ3v) is 3.78. The summed E-state index contributed by atoms with van der Waals surface area (Å²) in [5, 5.41) is 3.14. The van der Waals surface area contributed by atoms with Gasteiger partial charge in [0, 0.05) is 15.1 Å². The number of hydrogen-bond acceptors (Lipinski definition) is 3. The maximum absolute atomic E-state index is 11.5. The number of benzene rings is 1. The second-order valence-electron chi connectivity index (χ2n) is 3.20. The van der Waals surface area contributed by atoms with Crippen LogP contribution in [-0.2, 0) is 16.4 Å². The molecule has 1 aromatic carbocycles. The van der Waals surface area contributed by atoms with Gasteiger partial charge in [-0.3, -0.25) is 0 Å². The van der Waals surface area contributed by atoms with Gasteiger partial charge < -0.3 is 5.32 Å². The second-order valence-corrected chi connectivity index (χ2v) is 5.09. The molecule has 4 nitrogen and oxygen atoms in total. The number of sulfonamides is 1. The van der Waals surface area contributed by atoms with Crippen LogP contribution in [0, 0.1) is 0 Å². The molecule has 80 valence electrons. The van der Waals surface area contributed by atoms with Gasteiger partial charge in [0.05, 0.1) is 4.90 Å². The predicted octanol–water partition coefficient (Wildman–Crippen LogP) is 1.05. The summed E-state index contributed by atoms with van der Waals surface area (Å²) in [5.74, 6) is 0. The molecule has 1 aliphatic heterocycles. The lowest BCUT2D eigenvalue weighted by atomic mass is 10.2. The first-order chi connectivity index (χ1) is 6.63. The summed E-state index contributed by atoms with van der Waals surface area (Å²) in [6, 6.07) is 5.17. The molecule has 1 heterocycles. The molecule has 0 saturated carbocycles. The van der Waals surface area contributed by atoms with E-state index < -0.39 is 10.0 Å². The van der Waals surface area contributed by atoms with Crippen LogP contribution < -0.4 is 10.0 Å². The summed E-state index contributed by atoms with van der Waals surface area (Å²) >= 11 is 0. The van der Waals surface area contributed by atoms with E-state index in [0.29, 0.717) is 4.90 Å². The fourth-order valence-corrected chi connectivity index (χ4v) is 2.31. The first kappa shape index (κ1) is 9.48. The lowest BCUT2D eigenvalue weighted by Gasteiger charge is -2.05. The summed E-state index contributed by atoms with van der Waals surface area (Å²) < 4.78 is 25.2. The van der Waals surface area contributed by atoms with Crippen LogP contribution in [0.2, 0.25) is 0 Å². The van der Waals surface area contributed by atoms with E-state index in [9.17, 15) is 8.42 Å². The highest BCUT2D eigenvalue weighted by molar-refractivity contribution is 7.89. The van der Waals surface area contributed by atoms with Crippen LogP contribution in [0.4, 0.5) is 5.69 Å². The van der Waals surface area contributed by atoms with Gasteiger partial charge in [-0.2, -0.15) is 0 Å². The average Bonchev–Trinajstić information content (AvgIpc) is 2.64. The monoisotopic (exact) mass is 216 g/mol. The quantitative estimate of drug-likeness (QED) is 0.777. The molecule has 0 spiro atoms. The molecule has 0 fully saturated rings. The van der Waals surface area contributed by atoms with Crippen LogP contribution in [0.3, 0.4) is 0 Å². The van der Waals surface area contributed by atoms with Crippen molar-refractivity contribution >= 4 is 15.7 Å². The minimum Gasteiger partial charge on any atom is -0.384 e. The van der Waals surface area contributed by atoms with E-state index in [1.165, 1.54) is 12.6 Å². The first-order valence-electron chi connectivity index (χ1n) is 4.44. The van der Waals surface area contributed by atoms with Crippen molar-refractivity contribution < 1.29 is 11.3 Å². The van der Waals surface area contributed by atoms with Crippen LogP contribution in [0.15, 0.2) is 23.1 Å². The zero-order valence-electron chi connectivity index (χ0n) is 7.87. The minimum atomic E-state index is -3.31. The molecule has 0 saturated heterocycles. The van der Waals surface area contributed by atoms with E-state index >= 15 is 0 Å². The van der Waals surface area contributed by atoms with Crippen LogP contribution in [0.5, 0.6) is 0 Å². The fourth-order valence-electron chi connectivity index (χ4n) is 1.55. The maximum atomic E-state index is 11.5. The highest BCUT2D eigenvalue weighted by atomic mass is 32.2. The van der Waals surface area contributed by atoms with Crippen molar-refractivity contribution in [3.8, 4) is 0 Å². The zero-order valence-corrected chi connectivity index (χ0v) is 8.69. The average molecular weight is 216 g/mol. The van der Waals surface area contributed by atoms with Crippen molar-refractivity contribution in [2.45, 2.75) is 11.3 Å². The Bertz CT molecular complexity index is 463. The number of nitrogens with one attached hydrogen (secondary N) is 2. The van der Waals surface area contributed by atoms with Crippen LogP contribution >= 0.6 is 0 Å². The van der Waals surface area contributed by atoms with Crippen molar-refractivity contribution in [3.05, 3.63) is 23.8 Å². The Balaban J connectivity index is 0.00000112. The van der Waals surface area contributed by atoms with E-state index in [1.807, 2.05) is 6.07 Å².